The molecule has 2 aromatic carbocycles. The normalized spacial score (nSPS) is 11.0. The molecule has 0 spiro atoms. The second kappa shape index (κ2) is 8.52. The molecular weight excluding hydrogens is 364 g/mol. The molecule has 6 heteroatoms. The number of methoxy groups -OCH3 is 1. The van der Waals surface area contributed by atoms with Gasteiger partial charge in [-0.25, -0.2) is 8.78 Å². The molecule has 3 rings (SSSR count). The Labute approximate surface area is 161 Å². The first-order valence-electron chi connectivity index (χ1n) is 8.58. The summed E-state index contributed by atoms with van der Waals surface area (Å²) in [6, 6.07) is 14.1. The number of hydrogen-bond donors (Lipinski definition) is 0. The van der Waals surface area contributed by atoms with Crippen molar-refractivity contribution in [3.05, 3.63) is 83.6 Å². The van der Waals surface area contributed by atoms with E-state index >= 15 is 0 Å². The molecule has 0 N–H and O–H groups in total. The number of hydrogen-bond acceptors (Lipinski definition) is 3. The molecule has 1 aromatic heterocycles. The summed E-state index contributed by atoms with van der Waals surface area (Å²) in [5, 5.41) is 0. The zero-order valence-electron chi connectivity index (χ0n) is 15.5. The van der Waals surface area contributed by atoms with Gasteiger partial charge in [-0.1, -0.05) is 18.2 Å². The number of carbonyl (C=O) groups is 1. The number of carbonyl (C=O) groups excluding carboxylic acids is 1. The summed E-state index contributed by atoms with van der Waals surface area (Å²) in [5.41, 5.74) is 0.995. The van der Waals surface area contributed by atoms with Crippen molar-refractivity contribution in [2.45, 2.75) is 6.54 Å². The van der Waals surface area contributed by atoms with Crippen LogP contribution in [0.25, 0.3) is 17.4 Å². The minimum Gasteiger partial charge on any atom is -0.494 e. The molecule has 0 bridgehead atoms. The molecule has 0 fully saturated rings. The number of nitrogens with zero attached hydrogens (tertiary/aromatic N) is 1. The maximum absolute atomic E-state index is 13.8. The van der Waals surface area contributed by atoms with E-state index in [1.807, 2.05) is 0 Å². The molecule has 0 aliphatic rings. The molecule has 0 radical (unpaired) electrons. The van der Waals surface area contributed by atoms with Crippen LogP contribution in [-0.2, 0) is 11.3 Å². The minimum absolute atomic E-state index is 0.154. The Morgan fingerprint density at radius 1 is 1.11 bits per heavy atom. The van der Waals surface area contributed by atoms with Gasteiger partial charge in [0.05, 0.1) is 12.7 Å². The molecule has 3 aromatic rings. The van der Waals surface area contributed by atoms with E-state index in [-0.39, 0.29) is 24.0 Å². The predicted octanol–water partition coefficient (Wildman–Crippen LogP) is 4.91. The van der Waals surface area contributed by atoms with E-state index in [2.05, 4.69) is 0 Å². The molecule has 28 heavy (non-hydrogen) atoms. The fraction of sp³-hybridized carbons (Fsp3) is 0.136. The third-order valence-corrected chi connectivity index (χ3v) is 4.17. The van der Waals surface area contributed by atoms with Crippen molar-refractivity contribution >= 4 is 12.0 Å². The van der Waals surface area contributed by atoms with Gasteiger partial charge in [0.1, 0.15) is 17.3 Å². The Morgan fingerprint density at radius 2 is 1.89 bits per heavy atom. The number of likely N-dealkylation sites (N-methyl/N-ethyl adjacent to an activating group) is 1. The first kappa shape index (κ1) is 19.4. The Balaban J connectivity index is 1.65. The van der Waals surface area contributed by atoms with E-state index in [0.717, 1.165) is 0 Å². The van der Waals surface area contributed by atoms with E-state index in [0.29, 0.717) is 22.6 Å². The van der Waals surface area contributed by atoms with Crippen LogP contribution < -0.4 is 4.74 Å². The monoisotopic (exact) mass is 383 g/mol. The van der Waals surface area contributed by atoms with Crippen LogP contribution in [0.5, 0.6) is 5.75 Å². The lowest BCUT2D eigenvalue weighted by Gasteiger charge is -2.15. The second-order valence-corrected chi connectivity index (χ2v) is 6.18. The molecule has 0 saturated heterocycles. The van der Waals surface area contributed by atoms with Gasteiger partial charge in [0.15, 0.2) is 11.6 Å². The quantitative estimate of drug-likeness (QED) is 0.569. The lowest BCUT2D eigenvalue weighted by molar-refractivity contribution is -0.125. The molecular formula is C22H19F2NO3. The van der Waals surface area contributed by atoms with Gasteiger partial charge in [0.2, 0.25) is 5.91 Å². The smallest absolute Gasteiger partial charge is 0.246 e. The van der Waals surface area contributed by atoms with E-state index in [1.165, 1.54) is 42.4 Å². The zero-order valence-corrected chi connectivity index (χ0v) is 15.5. The highest BCUT2D eigenvalue weighted by molar-refractivity contribution is 5.91. The largest absolute Gasteiger partial charge is 0.494 e. The van der Waals surface area contributed by atoms with E-state index < -0.39 is 5.82 Å². The molecule has 0 aliphatic carbocycles. The van der Waals surface area contributed by atoms with Gasteiger partial charge in [-0.15, -0.1) is 0 Å². The average Bonchev–Trinajstić information content (AvgIpc) is 3.15. The SMILES string of the molecule is COc1ccc(CN(C)C(=O)C=Cc2ccc(-c3ccccc3F)o2)cc1F. The standard InChI is InChI=1S/C22H19F2NO3/c1-25(14-15-7-10-21(27-2)19(24)13-15)22(26)12-9-16-8-11-20(28-16)17-5-3-4-6-18(17)23/h3-13H,14H2,1-2H3. The van der Waals surface area contributed by atoms with Gasteiger partial charge in [-0.3, -0.25) is 4.79 Å². The highest BCUT2D eigenvalue weighted by Gasteiger charge is 2.10. The molecule has 0 atom stereocenters. The molecule has 0 unspecified atom stereocenters. The Hall–Kier alpha value is -3.41. The highest BCUT2D eigenvalue weighted by Crippen LogP contribution is 2.25. The van der Waals surface area contributed by atoms with Crippen molar-refractivity contribution in [2.24, 2.45) is 0 Å². The number of halogens is 2. The van der Waals surface area contributed by atoms with Crippen LogP contribution in [0.15, 0.2) is 65.1 Å². The van der Waals surface area contributed by atoms with Gasteiger partial charge < -0.3 is 14.1 Å². The van der Waals surface area contributed by atoms with Crippen LogP contribution in [0.2, 0.25) is 0 Å². The van der Waals surface area contributed by atoms with Crippen LogP contribution in [0.1, 0.15) is 11.3 Å². The second-order valence-electron chi connectivity index (χ2n) is 6.18. The van der Waals surface area contributed by atoms with Crippen LogP contribution >= 0.6 is 0 Å². The zero-order chi connectivity index (χ0) is 20.1. The Bertz CT molecular complexity index is 1010. The number of amides is 1. The highest BCUT2D eigenvalue weighted by atomic mass is 19.1. The van der Waals surface area contributed by atoms with Crippen molar-refractivity contribution in [3.8, 4) is 17.1 Å². The summed E-state index contributed by atoms with van der Waals surface area (Å²) >= 11 is 0. The van der Waals surface area contributed by atoms with Crippen molar-refractivity contribution in [2.75, 3.05) is 14.2 Å². The van der Waals surface area contributed by atoms with Crippen LogP contribution in [0.3, 0.4) is 0 Å². The van der Waals surface area contributed by atoms with Crippen LogP contribution in [-0.4, -0.2) is 25.0 Å². The predicted molar refractivity (Wildman–Crippen MR) is 103 cm³/mol. The van der Waals surface area contributed by atoms with Crippen molar-refractivity contribution in [1.29, 1.82) is 0 Å². The molecule has 1 amide bonds. The van der Waals surface area contributed by atoms with E-state index in [4.69, 9.17) is 9.15 Å². The van der Waals surface area contributed by atoms with Crippen LogP contribution in [0, 0.1) is 11.6 Å². The summed E-state index contributed by atoms with van der Waals surface area (Å²) < 4.78 is 38.0. The number of rotatable bonds is 6. The van der Waals surface area contributed by atoms with E-state index in [1.54, 1.807) is 43.4 Å². The average molecular weight is 383 g/mol. The number of ether oxygens (including phenoxy) is 1. The maximum Gasteiger partial charge on any atom is 0.246 e. The van der Waals surface area contributed by atoms with Crippen molar-refractivity contribution in [1.82, 2.24) is 4.90 Å². The summed E-state index contributed by atoms with van der Waals surface area (Å²) in [6.07, 6.45) is 2.86. The number of benzene rings is 2. The third-order valence-electron chi connectivity index (χ3n) is 4.17. The van der Waals surface area contributed by atoms with Crippen LogP contribution in [0.4, 0.5) is 8.78 Å². The Morgan fingerprint density at radius 3 is 2.61 bits per heavy atom. The summed E-state index contributed by atoms with van der Waals surface area (Å²) in [7, 11) is 3.01. The van der Waals surface area contributed by atoms with Gasteiger partial charge >= 0.3 is 0 Å². The summed E-state index contributed by atoms with van der Waals surface area (Å²) in [5.74, 6) is -0.175. The molecule has 4 nitrogen and oxygen atoms in total. The lowest BCUT2D eigenvalue weighted by atomic mass is 10.1. The molecule has 0 saturated carbocycles. The minimum atomic E-state index is -0.479. The number of furan rings is 1. The fourth-order valence-corrected chi connectivity index (χ4v) is 2.69. The molecule has 0 aliphatic heterocycles. The van der Waals surface area contributed by atoms with Gasteiger partial charge in [-0.05, 0) is 48.0 Å². The van der Waals surface area contributed by atoms with Crippen molar-refractivity contribution in [3.63, 3.8) is 0 Å². The van der Waals surface area contributed by atoms with Crippen molar-refractivity contribution < 1.29 is 22.7 Å². The van der Waals surface area contributed by atoms with Gasteiger partial charge in [0.25, 0.3) is 0 Å². The third kappa shape index (κ3) is 4.46. The van der Waals surface area contributed by atoms with Gasteiger partial charge in [-0.2, -0.15) is 0 Å². The first-order valence-corrected chi connectivity index (χ1v) is 8.58. The maximum atomic E-state index is 13.8. The molecule has 1 heterocycles. The summed E-state index contributed by atoms with van der Waals surface area (Å²) in [6.45, 7) is 0.239. The molecule has 144 valence electrons. The summed E-state index contributed by atoms with van der Waals surface area (Å²) in [4.78, 5) is 13.7. The van der Waals surface area contributed by atoms with E-state index in [9.17, 15) is 13.6 Å². The topological polar surface area (TPSA) is 42.7 Å². The first-order chi connectivity index (χ1) is 13.5. The fourth-order valence-electron chi connectivity index (χ4n) is 2.69. The van der Waals surface area contributed by atoms with Gasteiger partial charge in [0, 0.05) is 19.7 Å². The Kier molecular flexibility index (Phi) is 5.89. The lowest BCUT2D eigenvalue weighted by Crippen LogP contribution is -2.24.